The van der Waals surface area contributed by atoms with Crippen molar-refractivity contribution in [2.24, 2.45) is 0 Å². The number of amides is 1. The number of hydrogen-bond acceptors (Lipinski definition) is 3. The van der Waals surface area contributed by atoms with Gasteiger partial charge in [-0.15, -0.1) is 0 Å². The molecule has 0 radical (unpaired) electrons. The van der Waals surface area contributed by atoms with Gasteiger partial charge in [0.1, 0.15) is 5.75 Å². The Hall–Kier alpha value is -2.11. The molecule has 0 bridgehead atoms. The molecule has 21 heavy (non-hydrogen) atoms. The third-order valence-corrected chi connectivity index (χ3v) is 3.23. The number of carbonyl (C=O) groups excluding carboxylic acids is 1. The molecule has 4 nitrogen and oxygen atoms in total. The summed E-state index contributed by atoms with van der Waals surface area (Å²) < 4.78 is 5.14. The lowest BCUT2D eigenvalue weighted by Crippen LogP contribution is -2.34. The minimum Gasteiger partial charge on any atom is -0.496 e. The molecule has 0 saturated carbocycles. The van der Waals surface area contributed by atoms with Crippen molar-refractivity contribution in [3.05, 3.63) is 59.1 Å². The first-order valence-electron chi connectivity index (χ1n) is 6.11. The Labute approximate surface area is 133 Å². The molecular formula is C15H13ClN2O2S. The predicted octanol–water partition coefficient (Wildman–Crippen LogP) is 3.48. The highest BCUT2D eigenvalue weighted by Crippen LogP contribution is 2.20. The molecule has 2 N–H and O–H groups in total. The van der Waals surface area contributed by atoms with Crippen LogP contribution in [0.5, 0.6) is 5.75 Å². The Balaban J connectivity index is 2.06. The van der Waals surface area contributed by atoms with E-state index in [9.17, 15) is 4.79 Å². The van der Waals surface area contributed by atoms with E-state index >= 15 is 0 Å². The summed E-state index contributed by atoms with van der Waals surface area (Å²) in [5.41, 5.74) is 1.04. The lowest BCUT2D eigenvalue weighted by Gasteiger charge is -2.12. The number of thiocarbonyl (C=S) groups is 1. The fourth-order valence-corrected chi connectivity index (χ4v) is 2.10. The van der Waals surface area contributed by atoms with Gasteiger partial charge in [0.15, 0.2) is 5.11 Å². The average Bonchev–Trinajstić information content (AvgIpc) is 2.49. The van der Waals surface area contributed by atoms with Crippen molar-refractivity contribution in [3.8, 4) is 5.75 Å². The molecular weight excluding hydrogens is 308 g/mol. The Morgan fingerprint density at radius 1 is 1.14 bits per heavy atom. The Morgan fingerprint density at radius 2 is 1.81 bits per heavy atom. The van der Waals surface area contributed by atoms with Gasteiger partial charge in [0.2, 0.25) is 0 Å². The van der Waals surface area contributed by atoms with Crippen molar-refractivity contribution in [1.29, 1.82) is 0 Å². The van der Waals surface area contributed by atoms with Crippen LogP contribution in [0.1, 0.15) is 10.4 Å². The lowest BCUT2D eigenvalue weighted by molar-refractivity contribution is 0.0975. The summed E-state index contributed by atoms with van der Waals surface area (Å²) in [5.74, 6) is 0.132. The van der Waals surface area contributed by atoms with Crippen LogP contribution in [-0.4, -0.2) is 18.1 Å². The third kappa shape index (κ3) is 3.93. The molecule has 2 aromatic rings. The molecule has 0 aliphatic heterocycles. The standard InChI is InChI=1S/C15H13ClN2O2S/c1-20-13-9-5-2-6-10(13)14(19)18-15(21)17-12-8-4-3-7-11(12)16/h2-9H,1H3,(H2,17,18,19,21). The lowest BCUT2D eigenvalue weighted by atomic mass is 10.2. The number of carbonyl (C=O) groups is 1. The first kappa shape index (κ1) is 15.3. The van der Waals surface area contributed by atoms with E-state index in [2.05, 4.69) is 10.6 Å². The highest BCUT2D eigenvalue weighted by atomic mass is 35.5. The monoisotopic (exact) mass is 320 g/mol. The van der Waals surface area contributed by atoms with E-state index in [1.54, 1.807) is 36.4 Å². The summed E-state index contributed by atoms with van der Waals surface area (Å²) in [6, 6.07) is 14.0. The van der Waals surface area contributed by atoms with E-state index in [1.807, 2.05) is 12.1 Å². The van der Waals surface area contributed by atoms with E-state index in [0.717, 1.165) is 0 Å². The second-order valence-corrected chi connectivity index (χ2v) is 4.90. The molecule has 0 unspecified atom stereocenters. The first-order chi connectivity index (χ1) is 10.1. The number of para-hydroxylation sites is 2. The van der Waals surface area contributed by atoms with Gasteiger partial charge in [-0.1, -0.05) is 35.9 Å². The molecule has 0 saturated heterocycles. The SMILES string of the molecule is COc1ccccc1C(=O)NC(=S)Nc1ccccc1Cl. The van der Waals surface area contributed by atoms with Gasteiger partial charge in [-0.05, 0) is 36.5 Å². The van der Waals surface area contributed by atoms with E-state index in [1.165, 1.54) is 7.11 Å². The van der Waals surface area contributed by atoms with Crippen molar-refractivity contribution in [3.63, 3.8) is 0 Å². The number of nitrogens with one attached hydrogen (secondary N) is 2. The van der Waals surface area contributed by atoms with Gasteiger partial charge in [0, 0.05) is 0 Å². The van der Waals surface area contributed by atoms with Crippen molar-refractivity contribution >= 4 is 40.5 Å². The maximum Gasteiger partial charge on any atom is 0.261 e. The topological polar surface area (TPSA) is 50.4 Å². The van der Waals surface area contributed by atoms with Crippen LogP contribution in [0.3, 0.4) is 0 Å². The Kier molecular flexibility index (Phi) is 5.14. The predicted molar refractivity (Wildman–Crippen MR) is 88.1 cm³/mol. The van der Waals surface area contributed by atoms with Crippen LogP contribution in [0.4, 0.5) is 5.69 Å². The van der Waals surface area contributed by atoms with Gasteiger partial charge in [-0.2, -0.15) is 0 Å². The number of methoxy groups -OCH3 is 1. The van der Waals surface area contributed by atoms with Crippen LogP contribution in [0.2, 0.25) is 5.02 Å². The van der Waals surface area contributed by atoms with E-state index in [4.69, 9.17) is 28.6 Å². The molecule has 6 heteroatoms. The minimum absolute atomic E-state index is 0.166. The Morgan fingerprint density at radius 3 is 2.52 bits per heavy atom. The average molecular weight is 321 g/mol. The zero-order valence-corrected chi connectivity index (χ0v) is 12.8. The summed E-state index contributed by atoms with van der Waals surface area (Å²) in [6.45, 7) is 0. The van der Waals surface area contributed by atoms with Crippen molar-refractivity contribution in [2.45, 2.75) is 0 Å². The molecule has 0 atom stereocenters. The van der Waals surface area contributed by atoms with Gasteiger partial charge < -0.3 is 10.1 Å². The zero-order valence-electron chi connectivity index (χ0n) is 11.2. The van der Waals surface area contributed by atoms with E-state index in [0.29, 0.717) is 22.0 Å². The van der Waals surface area contributed by atoms with Gasteiger partial charge in [-0.25, -0.2) is 0 Å². The molecule has 0 spiro atoms. The van der Waals surface area contributed by atoms with Crippen LogP contribution in [0.25, 0.3) is 0 Å². The van der Waals surface area contributed by atoms with Crippen LogP contribution >= 0.6 is 23.8 Å². The highest BCUT2D eigenvalue weighted by molar-refractivity contribution is 7.80. The number of halogens is 1. The highest BCUT2D eigenvalue weighted by Gasteiger charge is 2.13. The molecule has 0 heterocycles. The number of rotatable bonds is 3. The van der Waals surface area contributed by atoms with Crippen molar-refractivity contribution < 1.29 is 9.53 Å². The zero-order chi connectivity index (χ0) is 15.2. The fourth-order valence-electron chi connectivity index (χ4n) is 1.72. The summed E-state index contributed by atoms with van der Waals surface area (Å²) >= 11 is 11.1. The van der Waals surface area contributed by atoms with Crippen LogP contribution < -0.4 is 15.4 Å². The molecule has 1 amide bonds. The number of ether oxygens (including phenoxy) is 1. The molecule has 2 aromatic carbocycles. The smallest absolute Gasteiger partial charge is 0.261 e. The summed E-state index contributed by atoms with van der Waals surface area (Å²) in [4.78, 5) is 12.2. The van der Waals surface area contributed by atoms with Crippen molar-refractivity contribution in [2.75, 3.05) is 12.4 Å². The Bertz CT molecular complexity index is 676. The second kappa shape index (κ2) is 7.06. The summed E-state index contributed by atoms with van der Waals surface area (Å²) in [7, 11) is 1.51. The normalized spacial score (nSPS) is 9.81. The third-order valence-electron chi connectivity index (χ3n) is 2.70. The molecule has 0 aliphatic rings. The molecule has 108 valence electrons. The molecule has 0 fully saturated rings. The summed E-state index contributed by atoms with van der Waals surface area (Å²) in [6.07, 6.45) is 0. The van der Waals surface area contributed by atoms with Gasteiger partial charge in [0.25, 0.3) is 5.91 Å². The van der Waals surface area contributed by atoms with E-state index in [-0.39, 0.29) is 11.0 Å². The maximum atomic E-state index is 12.2. The second-order valence-electron chi connectivity index (χ2n) is 4.09. The molecule has 0 aromatic heterocycles. The van der Waals surface area contributed by atoms with Crippen LogP contribution in [0.15, 0.2) is 48.5 Å². The van der Waals surface area contributed by atoms with Crippen molar-refractivity contribution in [1.82, 2.24) is 5.32 Å². The molecule has 2 rings (SSSR count). The van der Waals surface area contributed by atoms with Gasteiger partial charge in [0.05, 0.1) is 23.4 Å². The largest absolute Gasteiger partial charge is 0.496 e. The number of anilines is 1. The quantitative estimate of drug-likeness (QED) is 0.850. The van der Waals surface area contributed by atoms with Crippen LogP contribution in [0, 0.1) is 0 Å². The number of benzene rings is 2. The van der Waals surface area contributed by atoms with Crippen LogP contribution in [-0.2, 0) is 0 Å². The molecule has 0 aliphatic carbocycles. The van der Waals surface area contributed by atoms with Gasteiger partial charge in [-0.3, -0.25) is 10.1 Å². The fraction of sp³-hybridized carbons (Fsp3) is 0.0667. The van der Waals surface area contributed by atoms with Gasteiger partial charge >= 0.3 is 0 Å². The number of hydrogen-bond donors (Lipinski definition) is 2. The van der Waals surface area contributed by atoms with E-state index < -0.39 is 0 Å². The summed E-state index contributed by atoms with van der Waals surface area (Å²) in [5, 5.41) is 6.15. The first-order valence-corrected chi connectivity index (χ1v) is 6.90. The minimum atomic E-state index is -0.350. The maximum absolute atomic E-state index is 12.2.